The standard InChI is InChI=1S/C27H26N4O2S2/c1-18-7-12-22-23(13-18)35-27-25(22)26(28-17-29-27)34-16-24(32)31-30-14-19-8-10-21(11-9-19)33-15-20-5-3-2-4-6-20/h2-6,8-11,14,17-18H,7,12-13,15-16H2,1H3,(H,31,32)/b30-14-/t18-/m0/s1. The summed E-state index contributed by atoms with van der Waals surface area (Å²) in [4.78, 5) is 23.8. The molecule has 8 heteroatoms. The molecule has 2 aromatic heterocycles. The van der Waals surface area contributed by atoms with Gasteiger partial charge in [-0.3, -0.25) is 4.79 Å². The number of hydrazone groups is 1. The Morgan fingerprint density at radius 3 is 2.86 bits per heavy atom. The van der Waals surface area contributed by atoms with Crippen LogP contribution < -0.4 is 10.2 Å². The summed E-state index contributed by atoms with van der Waals surface area (Å²) in [5, 5.41) is 6.11. The summed E-state index contributed by atoms with van der Waals surface area (Å²) in [6.07, 6.45) is 6.58. The number of hydrogen-bond acceptors (Lipinski definition) is 7. The SMILES string of the molecule is C[C@H]1CCc2c(sc3ncnc(SCC(=O)N/N=C\c4ccc(OCc5ccccc5)cc4)c23)C1. The van der Waals surface area contributed by atoms with Crippen LogP contribution in [0.25, 0.3) is 10.2 Å². The molecule has 35 heavy (non-hydrogen) atoms. The van der Waals surface area contributed by atoms with Crippen molar-refractivity contribution in [3.8, 4) is 5.75 Å². The quantitative estimate of drug-likeness (QED) is 0.146. The fourth-order valence-electron chi connectivity index (χ4n) is 4.09. The maximum Gasteiger partial charge on any atom is 0.250 e. The molecular formula is C27H26N4O2S2. The first-order chi connectivity index (χ1) is 17.2. The predicted octanol–water partition coefficient (Wildman–Crippen LogP) is 5.64. The molecule has 2 heterocycles. The Morgan fingerprint density at radius 2 is 2.03 bits per heavy atom. The molecule has 0 saturated carbocycles. The third-order valence-corrected chi connectivity index (χ3v) is 8.08. The van der Waals surface area contributed by atoms with Crippen LogP contribution in [0.1, 0.15) is 34.9 Å². The molecule has 178 valence electrons. The number of carbonyl (C=O) groups excluding carboxylic acids is 1. The van der Waals surface area contributed by atoms with E-state index in [0.717, 1.165) is 45.0 Å². The van der Waals surface area contributed by atoms with Crippen LogP contribution in [0.4, 0.5) is 0 Å². The van der Waals surface area contributed by atoms with Gasteiger partial charge in [0.05, 0.1) is 12.0 Å². The predicted molar refractivity (Wildman–Crippen MR) is 142 cm³/mol. The lowest BCUT2D eigenvalue weighted by Gasteiger charge is -2.18. The Labute approximate surface area is 212 Å². The van der Waals surface area contributed by atoms with Gasteiger partial charge in [-0.1, -0.05) is 49.0 Å². The topological polar surface area (TPSA) is 76.5 Å². The van der Waals surface area contributed by atoms with E-state index in [9.17, 15) is 4.79 Å². The lowest BCUT2D eigenvalue weighted by atomic mass is 9.89. The number of thiophene rings is 1. The van der Waals surface area contributed by atoms with Gasteiger partial charge < -0.3 is 4.74 Å². The average Bonchev–Trinajstić information content (AvgIpc) is 3.25. The largest absolute Gasteiger partial charge is 0.489 e. The van der Waals surface area contributed by atoms with Gasteiger partial charge in [0.2, 0.25) is 5.91 Å². The molecule has 0 unspecified atom stereocenters. The second kappa shape index (κ2) is 11.0. The lowest BCUT2D eigenvalue weighted by Crippen LogP contribution is -2.19. The van der Waals surface area contributed by atoms with Crippen LogP contribution in [-0.2, 0) is 24.2 Å². The van der Waals surface area contributed by atoms with Crippen molar-refractivity contribution in [3.05, 3.63) is 82.5 Å². The zero-order chi connectivity index (χ0) is 24.0. The summed E-state index contributed by atoms with van der Waals surface area (Å²) in [6.45, 7) is 2.82. The van der Waals surface area contributed by atoms with Crippen molar-refractivity contribution in [1.82, 2.24) is 15.4 Å². The van der Waals surface area contributed by atoms with Crippen LogP contribution in [0.15, 0.2) is 71.1 Å². The highest BCUT2D eigenvalue weighted by atomic mass is 32.2. The molecule has 0 fully saturated rings. The molecule has 0 bridgehead atoms. The van der Waals surface area contributed by atoms with E-state index in [0.29, 0.717) is 12.5 Å². The van der Waals surface area contributed by atoms with Gasteiger partial charge in [-0.15, -0.1) is 11.3 Å². The van der Waals surface area contributed by atoms with Crippen molar-refractivity contribution >= 4 is 45.4 Å². The van der Waals surface area contributed by atoms with Crippen molar-refractivity contribution in [2.24, 2.45) is 11.0 Å². The first-order valence-electron chi connectivity index (χ1n) is 11.6. The molecule has 0 saturated heterocycles. The maximum absolute atomic E-state index is 12.4. The summed E-state index contributed by atoms with van der Waals surface area (Å²) in [6, 6.07) is 17.6. The fraction of sp³-hybridized carbons (Fsp3) is 0.259. The molecule has 0 spiro atoms. The number of benzene rings is 2. The van der Waals surface area contributed by atoms with Gasteiger partial charge in [0.25, 0.3) is 0 Å². The highest BCUT2D eigenvalue weighted by Gasteiger charge is 2.23. The van der Waals surface area contributed by atoms with Crippen LogP contribution in [0.2, 0.25) is 0 Å². The van der Waals surface area contributed by atoms with Crippen molar-refractivity contribution < 1.29 is 9.53 Å². The van der Waals surface area contributed by atoms with E-state index >= 15 is 0 Å². The second-order valence-electron chi connectivity index (χ2n) is 8.64. The molecule has 1 atom stereocenters. The number of fused-ring (bicyclic) bond motifs is 3. The van der Waals surface area contributed by atoms with Gasteiger partial charge in [0.15, 0.2) is 0 Å². The van der Waals surface area contributed by atoms with Crippen molar-refractivity contribution in [2.45, 2.75) is 37.8 Å². The Morgan fingerprint density at radius 1 is 1.20 bits per heavy atom. The molecule has 0 radical (unpaired) electrons. The minimum atomic E-state index is -0.168. The molecule has 1 aliphatic carbocycles. The normalized spacial score (nSPS) is 15.3. The Kier molecular flexibility index (Phi) is 7.39. The summed E-state index contributed by atoms with van der Waals surface area (Å²) in [5.74, 6) is 1.57. The number of nitrogens with one attached hydrogen (secondary N) is 1. The molecule has 1 aliphatic rings. The smallest absolute Gasteiger partial charge is 0.250 e. The highest BCUT2D eigenvalue weighted by molar-refractivity contribution is 8.00. The van der Waals surface area contributed by atoms with Gasteiger partial charge in [0, 0.05) is 10.3 Å². The molecule has 6 nitrogen and oxygen atoms in total. The Hall–Kier alpha value is -3.23. The number of aryl methyl sites for hydroxylation is 1. The fourth-order valence-corrected chi connectivity index (χ4v) is 6.32. The molecular weight excluding hydrogens is 476 g/mol. The number of hydrogen-bond donors (Lipinski definition) is 1. The third-order valence-electron chi connectivity index (χ3n) is 5.93. The van der Waals surface area contributed by atoms with Gasteiger partial charge >= 0.3 is 0 Å². The molecule has 0 aliphatic heterocycles. The first-order valence-corrected chi connectivity index (χ1v) is 13.4. The van der Waals surface area contributed by atoms with Crippen LogP contribution in [-0.4, -0.2) is 27.8 Å². The molecule has 1 amide bonds. The monoisotopic (exact) mass is 502 g/mol. The number of nitrogens with zero attached hydrogens (tertiary/aromatic N) is 3. The van der Waals surface area contributed by atoms with Gasteiger partial charge in [-0.2, -0.15) is 5.10 Å². The second-order valence-corrected chi connectivity index (χ2v) is 10.7. The van der Waals surface area contributed by atoms with Crippen molar-refractivity contribution in [3.63, 3.8) is 0 Å². The van der Waals surface area contributed by atoms with Crippen LogP contribution in [0.3, 0.4) is 0 Å². The number of aromatic nitrogens is 2. The van der Waals surface area contributed by atoms with E-state index in [4.69, 9.17) is 4.74 Å². The van der Waals surface area contributed by atoms with Gasteiger partial charge in [0.1, 0.15) is 28.5 Å². The van der Waals surface area contributed by atoms with Crippen molar-refractivity contribution in [2.75, 3.05) is 5.75 Å². The number of thioether (sulfide) groups is 1. The number of carbonyl (C=O) groups is 1. The maximum atomic E-state index is 12.4. The van der Waals surface area contributed by atoms with E-state index < -0.39 is 0 Å². The van der Waals surface area contributed by atoms with Crippen LogP contribution in [0, 0.1) is 5.92 Å². The Bertz CT molecular complexity index is 1340. The molecule has 2 aromatic carbocycles. The third kappa shape index (κ3) is 5.89. The van der Waals surface area contributed by atoms with Crippen LogP contribution >= 0.6 is 23.1 Å². The molecule has 1 N–H and O–H groups in total. The lowest BCUT2D eigenvalue weighted by molar-refractivity contribution is -0.118. The van der Waals surface area contributed by atoms with Gasteiger partial charge in [-0.05, 0) is 66.1 Å². The first kappa shape index (κ1) is 23.5. The highest BCUT2D eigenvalue weighted by Crippen LogP contribution is 2.40. The Balaban J connectivity index is 1.13. The van der Waals surface area contributed by atoms with E-state index in [1.165, 1.54) is 28.6 Å². The average molecular weight is 503 g/mol. The summed E-state index contributed by atoms with van der Waals surface area (Å²) in [5.41, 5.74) is 5.98. The minimum Gasteiger partial charge on any atom is -0.489 e. The van der Waals surface area contributed by atoms with E-state index in [1.54, 1.807) is 23.9 Å². The molecule has 4 aromatic rings. The van der Waals surface area contributed by atoms with Gasteiger partial charge in [-0.25, -0.2) is 15.4 Å². The number of amides is 1. The zero-order valence-corrected chi connectivity index (χ0v) is 21.1. The summed E-state index contributed by atoms with van der Waals surface area (Å²) < 4.78 is 5.80. The summed E-state index contributed by atoms with van der Waals surface area (Å²) in [7, 11) is 0. The van der Waals surface area contributed by atoms with E-state index in [2.05, 4.69) is 27.4 Å². The van der Waals surface area contributed by atoms with E-state index in [-0.39, 0.29) is 11.7 Å². The number of ether oxygens (including phenoxy) is 1. The van der Waals surface area contributed by atoms with Crippen molar-refractivity contribution in [1.29, 1.82) is 0 Å². The summed E-state index contributed by atoms with van der Waals surface area (Å²) >= 11 is 3.21. The number of rotatable bonds is 8. The minimum absolute atomic E-state index is 0.168. The zero-order valence-electron chi connectivity index (χ0n) is 19.4. The van der Waals surface area contributed by atoms with Crippen LogP contribution in [0.5, 0.6) is 5.75 Å². The van der Waals surface area contributed by atoms with E-state index in [1.807, 2.05) is 54.6 Å². The molecule has 5 rings (SSSR count).